The van der Waals surface area contributed by atoms with Crippen molar-refractivity contribution in [1.29, 1.82) is 0 Å². The Kier molecular flexibility index (Phi) is 2.23. The zero-order chi connectivity index (χ0) is 11.0. The van der Waals surface area contributed by atoms with Gasteiger partial charge in [-0.3, -0.25) is 0 Å². The second kappa shape index (κ2) is 3.73. The molecule has 1 atom stereocenters. The summed E-state index contributed by atoms with van der Waals surface area (Å²) < 4.78 is 5.62. The standard InChI is InChI=1S/C12H10N2OS/c13-11(10-6-3-7-16-10)12-14-8-4-1-2-5-9(8)15-12/h1-7,11H,13H2. The Balaban J connectivity index is 2.06. The Bertz CT molecular complexity index is 567. The summed E-state index contributed by atoms with van der Waals surface area (Å²) in [6.45, 7) is 0. The van der Waals surface area contributed by atoms with Crippen LogP contribution in [0.3, 0.4) is 0 Å². The maximum atomic E-state index is 6.08. The molecule has 16 heavy (non-hydrogen) atoms. The monoisotopic (exact) mass is 230 g/mol. The number of oxazole rings is 1. The molecule has 0 amide bonds. The van der Waals surface area contributed by atoms with Crippen molar-refractivity contribution in [3.8, 4) is 0 Å². The van der Waals surface area contributed by atoms with Gasteiger partial charge in [0.05, 0.1) is 0 Å². The van der Waals surface area contributed by atoms with Crippen molar-refractivity contribution in [2.75, 3.05) is 0 Å². The van der Waals surface area contributed by atoms with Gasteiger partial charge in [-0.2, -0.15) is 0 Å². The van der Waals surface area contributed by atoms with Gasteiger partial charge < -0.3 is 10.2 Å². The average molecular weight is 230 g/mol. The first-order chi connectivity index (χ1) is 7.84. The molecule has 0 aliphatic heterocycles. The lowest BCUT2D eigenvalue weighted by atomic mass is 10.2. The summed E-state index contributed by atoms with van der Waals surface area (Å²) in [6, 6.07) is 11.4. The van der Waals surface area contributed by atoms with E-state index in [0.717, 1.165) is 16.0 Å². The zero-order valence-corrected chi connectivity index (χ0v) is 9.28. The minimum Gasteiger partial charge on any atom is -0.439 e. The predicted molar refractivity (Wildman–Crippen MR) is 64.4 cm³/mol. The number of thiophene rings is 1. The van der Waals surface area contributed by atoms with Gasteiger partial charge in [0.1, 0.15) is 11.6 Å². The number of nitrogens with two attached hydrogens (primary N) is 1. The fourth-order valence-corrected chi connectivity index (χ4v) is 2.33. The molecule has 1 unspecified atom stereocenters. The lowest BCUT2D eigenvalue weighted by Gasteiger charge is -2.02. The molecule has 2 aromatic heterocycles. The molecule has 2 N–H and O–H groups in total. The first-order valence-corrected chi connectivity index (χ1v) is 5.87. The third-order valence-electron chi connectivity index (χ3n) is 2.43. The number of hydrogen-bond acceptors (Lipinski definition) is 4. The van der Waals surface area contributed by atoms with Crippen molar-refractivity contribution in [1.82, 2.24) is 4.98 Å². The molecular formula is C12H10N2OS. The molecular weight excluding hydrogens is 220 g/mol. The fourth-order valence-electron chi connectivity index (χ4n) is 1.61. The van der Waals surface area contributed by atoms with Crippen molar-refractivity contribution in [3.05, 3.63) is 52.5 Å². The largest absolute Gasteiger partial charge is 0.439 e. The van der Waals surface area contributed by atoms with Gasteiger partial charge in [0, 0.05) is 4.88 Å². The normalized spacial score (nSPS) is 13.1. The highest BCUT2D eigenvalue weighted by atomic mass is 32.1. The van der Waals surface area contributed by atoms with E-state index in [9.17, 15) is 0 Å². The van der Waals surface area contributed by atoms with E-state index in [2.05, 4.69) is 4.98 Å². The molecule has 0 saturated carbocycles. The van der Waals surface area contributed by atoms with Crippen molar-refractivity contribution in [2.45, 2.75) is 6.04 Å². The van der Waals surface area contributed by atoms with E-state index in [0.29, 0.717) is 5.89 Å². The Morgan fingerprint density at radius 1 is 1.19 bits per heavy atom. The van der Waals surface area contributed by atoms with Crippen LogP contribution in [0.25, 0.3) is 11.1 Å². The van der Waals surface area contributed by atoms with Crippen LogP contribution in [0.15, 0.2) is 46.2 Å². The summed E-state index contributed by atoms with van der Waals surface area (Å²) in [5, 5.41) is 2.00. The summed E-state index contributed by atoms with van der Waals surface area (Å²) in [5.74, 6) is 0.573. The van der Waals surface area contributed by atoms with Gasteiger partial charge in [0.2, 0.25) is 5.89 Å². The second-order valence-corrected chi connectivity index (χ2v) is 4.49. The van der Waals surface area contributed by atoms with Crippen LogP contribution >= 0.6 is 11.3 Å². The smallest absolute Gasteiger partial charge is 0.217 e. The van der Waals surface area contributed by atoms with Gasteiger partial charge in [-0.15, -0.1) is 11.3 Å². The SMILES string of the molecule is NC(c1nc2ccccc2o1)c1cccs1. The molecule has 1 aromatic carbocycles. The number of nitrogens with zero attached hydrogens (tertiary/aromatic N) is 1. The third-order valence-corrected chi connectivity index (χ3v) is 3.38. The lowest BCUT2D eigenvalue weighted by molar-refractivity contribution is 0.507. The van der Waals surface area contributed by atoms with Crippen molar-refractivity contribution >= 4 is 22.4 Å². The zero-order valence-electron chi connectivity index (χ0n) is 8.46. The van der Waals surface area contributed by atoms with Crippen molar-refractivity contribution in [2.24, 2.45) is 5.73 Å². The number of fused-ring (bicyclic) bond motifs is 1. The molecule has 4 heteroatoms. The average Bonchev–Trinajstić information content (AvgIpc) is 2.97. The fraction of sp³-hybridized carbons (Fsp3) is 0.0833. The maximum absolute atomic E-state index is 6.08. The summed E-state index contributed by atoms with van der Waals surface area (Å²) >= 11 is 1.61. The molecule has 3 rings (SSSR count). The van der Waals surface area contributed by atoms with Crippen LogP contribution in [-0.4, -0.2) is 4.98 Å². The number of hydrogen-bond donors (Lipinski definition) is 1. The summed E-state index contributed by atoms with van der Waals surface area (Å²) in [7, 11) is 0. The van der Waals surface area contributed by atoms with Gasteiger partial charge in [-0.05, 0) is 23.6 Å². The molecule has 0 radical (unpaired) electrons. The van der Waals surface area contributed by atoms with Crippen LogP contribution < -0.4 is 5.73 Å². The molecule has 3 aromatic rings. The van der Waals surface area contributed by atoms with Crippen molar-refractivity contribution in [3.63, 3.8) is 0 Å². The van der Waals surface area contributed by atoms with Crippen LogP contribution in [0.4, 0.5) is 0 Å². The minimum atomic E-state index is -0.271. The molecule has 0 bridgehead atoms. The summed E-state index contributed by atoms with van der Waals surface area (Å²) in [5.41, 5.74) is 7.71. The highest BCUT2D eigenvalue weighted by molar-refractivity contribution is 7.10. The molecule has 0 aliphatic rings. The summed E-state index contributed by atoms with van der Waals surface area (Å²) in [6.07, 6.45) is 0. The highest BCUT2D eigenvalue weighted by Gasteiger charge is 2.16. The van der Waals surface area contributed by atoms with Crippen molar-refractivity contribution < 1.29 is 4.42 Å². The van der Waals surface area contributed by atoms with Gasteiger partial charge >= 0.3 is 0 Å². The lowest BCUT2D eigenvalue weighted by Crippen LogP contribution is -2.10. The molecule has 0 aliphatic carbocycles. The number of benzene rings is 1. The minimum absolute atomic E-state index is 0.271. The topological polar surface area (TPSA) is 52.0 Å². The van der Waals surface area contributed by atoms with Gasteiger partial charge in [-0.25, -0.2) is 4.98 Å². The predicted octanol–water partition coefficient (Wildman–Crippen LogP) is 2.94. The molecule has 0 saturated heterocycles. The van der Waals surface area contributed by atoms with E-state index in [1.54, 1.807) is 11.3 Å². The second-order valence-electron chi connectivity index (χ2n) is 3.51. The van der Waals surface area contributed by atoms with E-state index in [1.165, 1.54) is 0 Å². The van der Waals surface area contributed by atoms with Crippen LogP contribution in [0.5, 0.6) is 0 Å². The summed E-state index contributed by atoms with van der Waals surface area (Å²) in [4.78, 5) is 5.45. The van der Waals surface area contributed by atoms with Crippen LogP contribution in [0, 0.1) is 0 Å². The number of rotatable bonds is 2. The number of aromatic nitrogens is 1. The van der Waals surface area contributed by atoms with E-state index in [1.807, 2.05) is 41.8 Å². The molecule has 0 fully saturated rings. The maximum Gasteiger partial charge on any atom is 0.217 e. The Labute approximate surface area is 96.5 Å². The van der Waals surface area contributed by atoms with E-state index in [-0.39, 0.29) is 6.04 Å². The third kappa shape index (κ3) is 1.52. The molecule has 3 nitrogen and oxygen atoms in total. The highest BCUT2D eigenvalue weighted by Crippen LogP contribution is 2.25. The van der Waals surface area contributed by atoms with Gasteiger partial charge in [0.15, 0.2) is 5.58 Å². The Morgan fingerprint density at radius 2 is 2.06 bits per heavy atom. The Hall–Kier alpha value is -1.65. The molecule has 2 heterocycles. The van der Waals surface area contributed by atoms with E-state index >= 15 is 0 Å². The molecule has 80 valence electrons. The first kappa shape index (κ1) is 9.57. The van der Waals surface area contributed by atoms with Gasteiger partial charge in [-0.1, -0.05) is 18.2 Å². The quantitative estimate of drug-likeness (QED) is 0.736. The molecule has 0 spiro atoms. The first-order valence-electron chi connectivity index (χ1n) is 4.99. The Morgan fingerprint density at radius 3 is 2.81 bits per heavy atom. The van der Waals surface area contributed by atoms with Gasteiger partial charge in [0.25, 0.3) is 0 Å². The van der Waals surface area contributed by atoms with E-state index < -0.39 is 0 Å². The van der Waals surface area contributed by atoms with Crippen LogP contribution in [0.2, 0.25) is 0 Å². The van der Waals surface area contributed by atoms with Crippen LogP contribution in [0.1, 0.15) is 16.8 Å². The number of para-hydroxylation sites is 2. The van der Waals surface area contributed by atoms with Crippen LogP contribution in [-0.2, 0) is 0 Å². The van der Waals surface area contributed by atoms with E-state index in [4.69, 9.17) is 10.2 Å².